The van der Waals surface area contributed by atoms with Crippen molar-refractivity contribution < 1.29 is 22.3 Å². The summed E-state index contributed by atoms with van der Waals surface area (Å²) >= 11 is 0. The van der Waals surface area contributed by atoms with Gasteiger partial charge in [0.25, 0.3) is 0 Å². The van der Waals surface area contributed by atoms with Gasteiger partial charge in [0.1, 0.15) is 0 Å². The van der Waals surface area contributed by atoms with Gasteiger partial charge >= 0.3 is 0 Å². The smallest absolute Gasteiger partial charge is 0.201 e. The Bertz CT molecular complexity index is 945. The van der Waals surface area contributed by atoms with Crippen LogP contribution in [0.1, 0.15) is 83.1 Å². The third kappa shape index (κ3) is 6.18. The van der Waals surface area contributed by atoms with E-state index in [4.69, 9.17) is 4.74 Å². The molecule has 0 saturated heterocycles. The van der Waals surface area contributed by atoms with Crippen LogP contribution in [-0.2, 0) is 0 Å². The molecule has 0 radical (unpaired) electrons. The van der Waals surface area contributed by atoms with Crippen LogP contribution >= 0.6 is 0 Å². The normalized spacial score (nSPS) is 18.7. The molecule has 0 amide bonds. The third-order valence-electron chi connectivity index (χ3n) is 6.61. The maximum Gasteiger partial charge on any atom is 0.201 e. The van der Waals surface area contributed by atoms with E-state index in [2.05, 4.69) is 19.1 Å². The molecule has 0 heterocycles. The summed E-state index contributed by atoms with van der Waals surface area (Å²) in [6.07, 6.45) is 12.6. The molecular weight excluding hydrogens is 428 g/mol. The highest BCUT2D eigenvalue weighted by molar-refractivity contribution is 5.66. The minimum atomic E-state index is -1.23. The predicted molar refractivity (Wildman–Crippen MR) is 125 cm³/mol. The second kappa shape index (κ2) is 12.2. The van der Waals surface area contributed by atoms with E-state index in [0.717, 1.165) is 57.8 Å². The van der Waals surface area contributed by atoms with E-state index in [1.807, 2.05) is 6.92 Å². The van der Waals surface area contributed by atoms with Gasteiger partial charge in [-0.1, -0.05) is 51.0 Å². The van der Waals surface area contributed by atoms with Crippen molar-refractivity contribution in [1.82, 2.24) is 0 Å². The van der Waals surface area contributed by atoms with Crippen LogP contribution in [0.4, 0.5) is 17.6 Å². The Hall–Kier alpha value is -2.30. The molecule has 0 spiro atoms. The molecule has 0 N–H and O–H groups in total. The fourth-order valence-electron chi connectivity index (χ4n) is 4.64. The van der Waals surface area contributed by atoms with E-state index in [0.29, 0.717) is 11.5 Å². The minimum absolute atomic E-state index is 0.0552. The van der Waals surface area contributed by atoms with Crippen LogP contribution in [0, 0.1) is 29.2 Å². The Balaban J connectivity index is 1.74. The van der Waals surface area contributed by atoms with Crippen LogP contribution in [0.2, 0.25) is 0 Å². The fourth-order valence-corrected chi connectivity index (χ4v) is 4.64. The van der Waals surface area contributed by atoms with Crippen LogP contribution < -0.4 is 4.74 Å². The molecule has 1 saturated carbocycles. The molecule has 0 aromatic heterocycles. The van der Waals surface area contributed by atoms with Gasteiger partial charge in [-0.2, -0.15) is 4.39 Å². The first-order valence-corrected chi connectivity index (χ1v) is 12.2. The average molecular weight is 463 g/mol. The van der Waals surface area contributed by atoms with Gasteiger partial charge < -0.3 is 4.74 Å². The van der Waals surface area contributed by atoms with Gasteiger partial charge in [-0.3, -0.25) is 0 Å². The molecule has 180 valence electrons. The van der Waals surface area contributed by atoms with E-state index in [1.54, 1.807) is 0 Å². The van der Waals surface area contributed by atoms with E-state index in [9.17, 15) is 13.2 Å². The van der Waals surface area contributed by atoms with Crippen LogP contribution in [-0.4, -0.2) is 6.61 Å². The molecule has 0 bridgehead atoms. The third-order valence-corrected chi connectivity index (χ3v) is 6.61. The van der Waals surface area contributed by atoms with Gasteiger partial charge in [-0.25, -0.2) is 13.2 Å². The number of unbranched alkanes of at least 4 members (excludes halogenated alkanes) is 2. The van der Waals surface area contributed by atoms with Crippen molar-refractivity contribution in [2.45, 2.75) is 77.6 Å². The zero-order valence-corrected chi connectivity index (χ0v) is 19.6. The van der Waals surface area contributed by atoms with Gasteiger partial charge in [0.15, 0.2) is 23.2 Å². The fraction of sp³-hybridized carbons (Fsp3) is 0.500. The topological polar surface area (TPSA) is 9.23 Å². The van der Waals surface area contributed by atoms with Crippen molar-refractivity contribution in [3.63, 3.8) is 0 Å². The van der Waals surface area contributed by atoms with Crippen LogP contribution in [0.3, 0.4) is 0 Å². The first-order valence-electron chi connectivity index (χ1n) is 12.2. The summed E-state index contributed by atoms with van der Waals surface area (Å²) in [4.78, 5) is 0. The summed E-state index contributed by atoms with van der Waals surface area (Å²) < 4.78 is 64.5. The monoisotopic (exact) mass is 462 g/mol. The summed E-state index contributed by atoms with van der Waals surface area (Å²) in [7, 11) is 0. The van der Waals surface area contributed by atoms with Gasteiger partial charge in [0.2, 0.25) is 5.82 Å². The zero-order valence-electron chi connectivity index (χ0n) is 19.6. The Morgan fingerprint density at radius 1 is 0.788 bits per heavy atom. The molecule has 5 heteroatoms. The first kappa shape index (κ1) is 25.3. The minimum Gasteiger partial charge on any atom is -0.490 e. The van der Waals surface area contributed by atoms with E-state index >= 15 is 4.39 Å². The van der Waals surface area contributed by atoms with E-state index < -0.39 is 23.3 Å². The predicted octanol–water partition coefficient (Wildman–Crippen LogP) is 9.11. The van der Waals surface area contributed by atoms with Crippen LogP contribution in [0.5, 0.6) is 5.75 Å². The van der Waals surface area contributed by atoms with Crippen molar-refractivity contribution in [2.75, 3.05) is 6.61 Å². The lowest BCUT2D eigenvalue weighted by Crippen LogP contribution is -2.14. The number of benzene rings is 2. The average Bonchev–Trinajstić information content (AvgIpc) is 2.82. The summed E-state index contributed by atoms with van der Waals surface area (Å²) in [6, 6.07) is 5.42. The molecule has 0 unspecified atom stereocenters. The largest absolute Gasteiger partial charge is 0.490 e. The highest BCUT2D eigenvalue weighted by Gasteiger charge is 2.27. The maximum absolute atomic E-state index is 15.0. The van der Waals surface area contributed by atoms with E-state index in [1.165, 1.54) is 24.3 Å². The standard InChI is InChI=1S/C28H34F4O/c1-3-5-7-9-19-10-12-20(13-11-19)21-14-15-22(26(30)25(21)29)23-16-17-24(28(32)27(23)31)33-18-8-6-4-2/h5,7,14-17,19-20H,3-4,6,8-13,18H2,1-2H3/b7-5-. The molecule has 3 rings (SSSR count). The van der Waals surface area contributed by atoms with Crippen LogP contribution in [0.15, 0.2) is 36.4 Å². The Labute approximate surface area is 194 Å². The van der Waals surface area contributed by atoms with Crippen molar-refractivity contribution in [1.29, 1.82) is 0 Å². The number of rotatable bonds is 10. The molecule has 33 heavy (non-hydrogen) atoms. The van der Waals surface area contributed by atoms with Crippen molar-refractivity contribution in [2.24, 2.45) is 5.92 Å². The van der Waals surface area contributed by atoms with Gasteiger partial charge in [0.05, 0.1) is 6.61 Å². The molecule has 2 aromatic carbocycles. The summed E-state index contributed by atoms with van der Waals surface area (Å²) in [5.74, 6) is -4.18. The zero-order chi connectivity index (χ0) is 23.8. The number of halogens is 4. The molecular formula is C28H34F4O. The Kier molecular flexibility index (Phi) is 9.40. The second-order valence-electron chi connectivity index (χ2n) is 8.96. The van der Waals surface area contributed by atoms with Gasteiger partial charge in [-0.05, 0) is 74.5 Å². The molecule has 1 aliphatic carbocycles. The summed E-state index contributed by atoms with van der Waals surface area (Å²) in [5, 5.41) is 0. The highest BCUT2D eigenvalue weighted by Crippen LogP contribution is 2.40. The molecule has 1 fully saturated rings. The molecule has 1 nitrogen and oxygen atoms in total. The highest BCUT2D eigenvalue weighted by atomic mass is 19.2. The lowest BCUT2D eigenvalue weighted by atomic mass is 9.77. The van der Waals surface area contributed by atoms with Crippen LogP contribution in [0.25, 0.3) is 11.1 Å². The van der Waals surface area contributed by atoms with Crippen molar-refractivity contribution in [3.05, 3.63) is 65.2 Å². The second-order valence-corrected chi connectivity index (χ2v) is 8.96. The van der Waals surface area contributed by atoms with Gasteiger partial charge in [-0.15, -0.1) is 0 Å². The SMILES string of the molecule is CC/C=C\CC1CCC(c2ccc(-c3ccc(OCCCCC)c(F)c3F)c(F)c2F)CC1. The number of hydrogen-bond acceptors (Lipinski definition) is 1. The summed E-state index contributed by atoms with van der Waals surface area (Å²) in [6.45, 7) is 4.41. The van der Waals surface area contributed by atoms with Crippen molar-refractivity contribution >= 4 is 0 Å². The number of hydrogen-bond donors (Lipinski definition) is 0. The summed E-state index contributed by atoms with van der Waals surface area (Å²) in [5.41, 5.74) is -0.248. The lowest BCUT2D eigenvalue weighted by Gasteiger charge is -2.28. The number of allylic oxidation sites excluding steroid dienone is 2. The maximum atomic E-state index is 15.0. The molecule has 2 aromatic rings. The molecule has 1 aliphatic rings. The first-order chi connectivity index (χ1) is 16.0. The van der Waals surface area contributed by atoms with E-state index in [-0.39, 0.29) is 29.4 Å². The Morgan fingerprint density at radius 3 is 2.12 bits per heavy atom. The molecule has 0 atom stereocenters. The van der Waals surface area contributed by atoms with Gasteiger partial charge in [0, 0.05) is 11.1 Å². The lowest BCUT2D eigenvalue weighted by molar-refractivity contribution is 0.286. The van der Waals surface area contributed by atoms with Crippen molar-refractivity contribution in [3.8, 4) is 16.9 Å². The number of ether oxygens (including phenoxy) is 1. The quantitative estimate of drug-likeness (QED) is 0.194. The molecule has 0 aliphatic heterocycles. The Morgan fingerprint density at radius 2 is 1.45 bits per heavy atom.